The molecule has 0 saturated carbocycles. The fourth-order valence-corrected chi connectivity index (χ4v) is 3.84. The summed E-state index contributed by atoms with van der Waals surface area (Å²) in [7, 11) is 2.06. The van der Waals surface area contributed by atoms with Gasteiger partial charge in [0.1, 0.15) is 0 Å². The molecule has 0 saturated heterocycles. The number of aryl methyl sites for hydroxylation is 2. The molecule has 1 aliphatic carbocycles. The highest BCUT2D eigenvalue weighted by Gasteiger charge is 2.28. The van der Waals surface area contributed by atoms with Crippen LogP contribution in [-0.2, 0) is 12.8 Å². The van der Waals surface area contributed by atoms with Gasteiger partial charge in [-0.1, -0.05) is 6.07 Å². The second-order valence-electron chi connectivity index (χ2n) is 5.50. The summed E-state index contributed by atoms with van der Waals surface area (Å²) in [6, 6.07) is 4.71. The van der Waals surface area contributed by atoms with Crippen molar-refractivity contribution in [2.75, 3.05) is 7.05 Å². The minimum atomic E-state index is 0.422. The van der Waals surface area contributed by atoms with E-state index in [2.05, 4.69) is 46.8 Å². The van der Waals surface area contributed by atoms with Gasteiger partial charge in [-0.3, -0.25) is 4.98 Å². The summed E-state index contributed by atoms with van der Waals surface area (Å²) >= 11 is 1.73. The summed E-state index contributed by atoms with van der Waals surface area (Å²) in [6.07, 6.45) is 6.57. The molecule has 4 heteroatoms. The smallest absolute Gasteiger partial charge is 0.0897 e. The van der Waals surface area contributed by atoms with E-state index in [0.717, 1.165) is 11.4 Å². The Balaban J connectivity index is 1.83. The highest BCUT2D eigenvalue weighted by molar-refractivity contribution is 7.09. The number of hydrogen-bond donors (Lipinski definition) is 1. The van der Waals surface area contributed by atoms with Gasteiger partial charge in [0, 0.05) is 35.7 Å². The molecule has 106 valence electrons. The number of likely N-dealkylation sites (N-methyl/N-ethyl adjacent to an activating group) is 1. The van der Waals surface area contributed by atoms with E-state index >= 15 is 0 Å². The molecule has 0 radical (unpaired) electrons. The number of pyridine rings is 1. The number of hydrogen-bond acceptors (Lipinski definition) is 4. The molecule has 20 heavy (non-hydrogen) atoms. The fourth-order valence-electron chi connectivity index (χ4n) is 3.21. The van der Waals surface area contributed by atoms with Crippen LogP contribution in [0, 0.1) is 6.92 Å². The number of nitrogens with zero attached hydrogens (tertiary/aromatic N) is 2. The molecule has 2 aromatic heterocycles. The van der Waals surface area contributed by atoms with Gasteiger partial charge in [-0.2, -0.15) is 0 Å². The highest BCUT2D eigenvalue weighted by Crippen LogP contribution is 2.33. The maximum Gasteiger partial charge on any atom is 0.0897 e. The standard InChI is InChI=1S/C16H21N3S/c1-11-19-13(10-20-11)9-15(17-2)14-7-3-5-12-6-4-8-18-16(12)14/h4,6,8,10,14-15,17H,3,5,7,9H2,1-2H3. The first-order valence-corrected chi connectivity index (χ1v) is 8.18. The van der Waals surface area contributed by atoms with Crippen LogP contribution in [0.5, 0.6) is 0 Å². The molecule has 0 bridgehead atoms. The maximum atomic E-state index is 4.66. The zero-order valence-corrected chi connectivity index (χ0v) is 12.9. The maximum absolute atomic E-state index is 4.66. The quantitative estimate of drug-likeness (QED) is 0.939. The minimum Gasteiger partial charge on any atom is -0.316 e. The Bertz CT molecular complexity index is 579. The number of aromatic nitrogens is 2. The summed E-state index contributed by atoms with van der Waals surface area (Å²) in [5.74, 6) is 0.506. The van der Waals surface area contributed by atoms with Gasteiger partial charge in [0.05, 0.1) is 10.7 Å². The Kier molecular flexibility index (Phi) is 4.13. The molecule has 0 spiro atoms. The lowest BCUT2D eigenvalue weighted by Gasteiger charge is -2.31. The summed E-state index contributed by atoms with van der Waals surface area (Å²) < 4.78 is 0. The Hall–Kier alpha value is -1.26. The van der Waals surface area contributed by atoms with E-state index in [4.69, 9.17) is 0 Å². The second kappa shape index (κ2) is 6.02. The third-order valence-electron chi connectivity index (χ3n) is 4.19. The number of rotatable bonds is 4. The topological polar surface area (TPSA) is 37.8 Å². The molecule has 0 aromatic carbocycles. The van der Waals surface area contributed by atoms with E-state index < -0.39 is 0 Å². The molecule has 1 aliphatic rings. The van der Waals surface area contributed by atoms with Crippen molar-refractivity contribution in [3.05, 3.63) is 45.7 Å². The van der Waals surface area contributed by atoms with Gasteiger partial charge in [0.25, 0.3) is 0 Å². The lowest BCUT2D eigenvalue weighted by Crippen LogP contribution is -2.36. The van der Waals surface area contributed by atoms with Gasteiger partial charge in [0.15, 0.2) is 0 Å². The van der Waals surface area contributed by atoms with Crippen LogP contribution >= 0.6 is 11.3 Å². The van der Waals surface area contributed by atoms with Crippen LogP contribution in [0.15, 0.2) is 23.7 Å². The van der Waals surface area contributed by atoms with Gasteiger partial charge in [0.2, 0.25) is 0 Å². The highest BCUT2D eigenvalue weighted by atomic mass is 32.1. The molecule has 3 nitrogen and oxygen atoms in total. The van der Waals surface area contributed by atoms with Gasteiger partial charge in [-0.05, 0) is 44.9 Å². The summed E-state index contributed by atoms with van der Waals surface area (Å²) in [4.78, 5) is 9.27. The summed E-state index contributed by atoms with van der Waals surface area (Å²) in [5.41, 5.74) is 3.93. The van der Waals surface area contributed by atoms with E-state index in [1.54, 1.807) is 11.3 Å². The molecule has 2 atom stereocenters. The first-order valence-electron chi connectivity index (χ1n) is 7.30. The molecule has 3 rings (SSSR count). The van der Waals surface area contributed by atoms with Crippen molar-refractivity contribution in [2.24, 2.45) is 0 Å². The number of fused-ring (bicyclic) bond motifs is 1. The Labute approximate surface area is 124 Å². The van der Waals surface area contributed by atoms with Crippen molar-refractivity contribution in [3.63, 3.8) is 0 Å². The van der Waals surface area contributed by atoms with E-state index in [-0.39, 0.29) is 0 Å². The predicted molar refractivity (Wildman–Crippen MR) is 83.3 cm³/mol. The molecule has 0 fully saturated rings. The van der Waals surface area contributed by atoms with Gasteiger partial charge in [-0.15, -0.1) is 11.3 Å². The fraction of sp³-hybridized carbons (Fsp3) is 0.500. The summed E-state index contributed by atoms with van der Waals surface area (Å²) in [6.45, 7) is 2.07. The molecule has 0 aliphatic heterocycles. The first-order chi connectivity index (χ1) is 9.78. The van der Waals surface area contributed by atoms with E-state index in [1.165, 1.54) is 36.2 Å². The van der Waals surface area contributed by atoms with E-state index in [9.17, 15) is 0 Å². The minimum absolute atomic E-state index is 0.422. The molecule has 2 aromatic rings. The lowest BCUT2D eigenvalue weighted by molar-refractivity contribution is 0.401. The zero-order chi connectivity index (χ0) is 13.9. The van der Waals surface area contributed by atoms with Crippen molar-refractivity contribution >= 4 is 11.3 Å². The van der Waals surface area contributed by atoms with E-state index in [0.29, 0.717) is 12.0 Å². The van der Waals surface area contributed by atoms with Crippen molar-refractivity contribution in [1.29, 1.82) is 0 Å². The monoisotopic (exact) mass is 287 g/mol. The average molecular weight is 287 g/mol. The van der Waals surface area contributed by atoms with Crippen LogP contribution in [0.1, 0.15) is 40.7 Å². The molecular formula is C16H21N3S. The van der Waals surface area contributed by atoms with Gasteiger partial charge >= 0.3 is 0 Å². The van der Waals surface area contributed by atoms with Crippen molar-refractivity contribution in [1.82, 2.24) is 15.3 Å². The zero-order valence-electron chi connectivity index (χ0n) is 12.1. The number of nitrogens with one attached hydrogen (secondary N) is 1. The van der Waals surface area contributed by atoms with Crippen molar-refractivity contribution < 1.29 is 0 Å². The SMILES string of the molecule is CNC(Cc1csc(C)n1)C1CCCc2cccnc21. The molecular weight excluding hydrogens is 266 g/mol. The van der Waals surface area contributed by atoms with Crippen LogP contribution in [0.25, 0.3) is 0 Å². The van der Waals surface area contributed by atoms with Gasteiger partial charge in [-0.25, -0.2) is 4.98 Å². The first kappa shape index (κ1) is 13.7. The van der Waals surface area contributed by atoms with Crippen molar-refractivity contribution in [2.45, 2.75) is 44.6 Å². The summed E-state index contributed by atoms with van der Waals surface area (Å²) in [5, 5.41) is 6.83. The molecule has 0 amide bonds. The Morgan fingerprint density at radius 1 is 1.50 bits per heavy atom. The third kappa shape index (κ3) is 2.76. The average Bonchev–Trinajstić information content (AvgIpc) is 2.89. The Morgan fingerprint density at radius 3 is 3.15 bits per heavy atom. The van der Waals surface area contributed by atoms with Gasteiger partial charge < -0.3 is 5.32 Å². The van der Waals surface area contributed by atoms with Crippen LogP contribution < -0.4 is 5.32 Å². The van der Waals surface area contributed by atoms with Crippen LogP contribution in [0.4, 0.5) is 0 Å². The Morgan fingerprint density at radius 2 is 2.40 bits per heavy atom. The predicted octanol–water partition coefficient (Wildman–Crippen LogP) is 3.10. The van der Waals surface area contributed by atoms with E-state index in [1.807, 2.05) is 6.20 Å². The van der Waals surface area contributed by atoms with Crippen LogP contribution in [0.2, 0.25) is 0 Å². The molecule has 2 heterocycles. The molecule has 1 N–H and O–H groups in total. The largest absolute Gasteiger partial charge is 0.316 e. The second-order valence-corrected chi connectivity index (χ2v) is 6.57. The third-order valence-corrected chi connectivity index (χ3v) is 5.01. The van der Waals surface area contributed by atoms with Crippen LogP contribution in [0.3, 0.4) is 0 Å². The van der Waals surface area contributed by atoms with Crippen LogP contribution in [-0.4, -0.2) is 23.1 Å². The molecule has 2 unspecified atom stereocenters. The van der Waals surface area contributed by atoms with Crippen molar-refractivity contribution in [3.8, 4) is 0 Å². The normalized spacial score (nSPS) is 19.6. The lowest BCUT2D eigenvalue weighted by atomic mass is 9.80. The number of thiazole rings is 1.